The number of aromatic nitrogens is 2. The molecule has 0 radical (unpaired) electrons. The molecule has 1 amide bonds. The lowest BCUT2D eigenvalue weighted by molar-refractivity contribution is -0.121. The summed E-state index contributed by atoms with van der Waals surface area (Å²) in [5, 5.41) is 9.48. The van der Waals surface area contributed by atoms with E-state index < -0.39 is 11.9 Å². The number of carbonyl (C=O) groups is 1. The molecule has 5 rings (SSSR count). The Balaban J connectivity index is 1.38. The minimum atomic E-state index is -0.748. The lowest BCUT2D eigenvalue weighted by Gasteiger charge is -2.28. The van der Waals surface area contributed by atoms with E-state index in [1.807, 2.05) is 36.4 Å². The SMILES string of the molecule is N#CC1CCN(CCCOc2ccc3nc(-c4ccccc4)n(C(CC4CC4)C(N)=O)c(=O)c3c2)CC1. The molecule has 2 aliphatic rings. The molecule has 0 spiro atoms. The molecule has 8 nitrogen and oxygen atoms in total. The number of primary amides is 1. The summed E-state index contributed by atoms with van der Waals surface area (Å²) in [5.41, 5.74) is 6.87. The summed E-state index contributed by atoms with van der Waals surface area (Å²) < 4.78 is 7.49. The van der Waals surface area contributed by atoms with Crippen LogP contribution in [0.5, 0.6) is 5.75 Å². The zero-order chi connectivity index (χ0) is 25.8. The molecule has 3 aromatic rings. The lowest BCUT2D eigenvalue weighted by Crippen LogP contribution is -2.36. The molecule has 1 saturated heterocycles. The predicted molar refractivity (Wildman–Crippen MR) is 142 cm³/mol. The first-order valence-corrected chi connectivity index (χ1v) is 13.2. The molecular weight excluding hydrogens is 466 g/mol. The Kier molecular flexibility index (Phi) is 7.52. The summed E-state index contributed by atoms with van der Waals surface area (Å²) in [6.07, 6.45) is 5.36. The minimum absolute atomic E-state index is 0.184. The maximum Gasteiger partial charge on any atom is 0.262 e. The molecule has 8 heteroatoms. The molecule has 1 aliphatic carbocycles. The van der Waals surface area contributed by atoms with Crippen LogP contribution in [0.4, 0.5) is 0 Å². The van der Waals surface area contributed by atoms with Gasteiger partial charge in [-0.3, -0.25) is 14.2 Å². The van der Waals surface area contributed by atoms with Gasteiger partial charge in [0.2, 0.25) is 5.91 Å². The van der Waals surface area contributed by atoms with Crippen molar-refractivity contribution in [3.63, 3.8) is 0 Å². The third-order valence-electron chi connectivity index (χ3n) is 7.45. The number of hydrogen-bond donors (Lipinski definition) is 1. The monoisotopic (exact) mass is 499 g/mol. The molecule has 0 bridgehead atoms. The number of likely N-dealkylation sites (tertiary alicyclic amines) is 1. The summed E-state index contributed by atoms with van der Waals surface area (Å²) in [7, 11) is 0. The number of nitrogens with two attached hydrogens (primary N) is 1. The Labute approximate surface area is 216 Å². The van der Waals surface area contributed by atoms with Gasteiger partial charge in [-0.1, -0.05) is 43.2 Å². The zero-order valence-electron chi connectivity index (χ0n) is 21.0. The maximum atomic E-state index is 13.8. The third-order valence-corrected chi connectivity index (χ3v) is 7.45. The van der Waals surface area contributed by atoms with Crippen LogP contribution in [0.2, 0.25) is 0 Å². The van der Waals surface area contributed by atoms with E-state index in [0.717, 1.165) is 57.3 Å². The van der Waals surface area contributed by atoms with Crippen LogP contribution in [0.25, 0.3) is 22.3 Å². The van der Waals surface area contributed by atoms with Crippen LogP contribution < -0.4 is 16.0 Å². The highest BCUT2D eigenvalue weighted by Gasteiger charge is 2.32. The second kappa shape index (κ2) is 11.1. The van der Waals surface area contributed by atoms with Crippen LogP contribution in [-0.2, 0) is 4.79 Å². The molecular formula is C29H33N5O3. The fraction of sp³-hybridized carbons (Fsp3) is 0.448. The van der Waals surface area contributed by atoms with Gasteiger partial charge in [-0.15, -0.1) is 0 Å². The highest BCUT2D eigenvalue weighted by atomic mass is 16.5. The van der Waals surface area contributed by atoms with E-state index in [2.05, 4.69) is 11.0 Å². The highest BCUT2D eigenvalue weighted by Crippen LogP contribution is 2.37. The number of amides is 1. The molecule has 2 heterocycles. The Morgan fingerprint density at radius 2 is 1.89 bits per heavy atom. The van der Waals surface area contributed by atoms with Crippen LogP contribution >= 0.6 is 0 Å². The maximum absolute atomic E-state index is 13.8. The predicted octanol–water partition coefficient (Wildman–Crippen LogP) is 3.89. The molecule has 1 saturated carbocycles. The van der Waals surface area contributed by atoms with E-state index in [-0.39, 0.29) is 11.5 Å². The van der Waals surface area contributed by atoms with Crippen LogP contribution in [0.3, 0.4) is 0 Å². The first-order chi connectivity index (χ1) is 18.0. The molecule has 2 N–H and O–H groups in total. The number of nitrogens with zero attached hydrogens (tertiary/aromatic N) is 4. The van der Waals surface area contributed by atoms with Crippen molar-refractivity contribution in [1.82, 2.24) is 14.5 Å². The zero-order valence-corrected chi connectivity index (χ0v) is 21.0. The fourth-order valence-corrected chi connectivity index (χ4v) is 5.13. The number of carbonyl (C=O) groups excluding carboxylic acids is 1. The topological polar surface area (TPSA) is 114 Å². The average Bonchev–Trinajstić information content (AvgIpc) is 3.75. The Morgan fingerprint density at radius 1 is 1.14 bits per heavy atom. The van der Waals surface area contributed by atoms with Gasteiger partial charge < -0.3 is 15.4 Å². The van der Waals surface area contributed by atoms with Gasteiger partial charge in [-0.05, 0) is 62.9 Å². The molecule has 1 aromatic heterocycles. The molecule has 192 valence electrons. The van der Waals surface area contributed by atoms with Gasteiger partial charge in [-0.25, -0.2) is 4.98 Å². The number of rotatable bonds is 10. The molecule has 2 aromatic carbocycles. The van der Waals surface area contributed by atoms with Crippen LogP contribution in [0, 0.1) is 23.2 Å². The lowest BCUT2D eigenvalue weighted by atomic mass is 9.98. The van der Waals surface area contributed by atoms with Gasteiger partial charge in [0.05, 0.1) is 23.6 Å². The first-order valence-electron chi connectivity index (χ1n) is 13.2. The van der Waals surface area contributed by atoms with Crippen molar-refractivity contribution in [2.45, 2.75) is 44.6 Å². The largest absolute Gasteiger partial charge is 0.494 e. The smallest absolute Gasteiger partial charge is 0.262 e. The van der Waals surface area contributed by atoms with Crippen molar-refractivity contribution >= 4 is 16.8 Å². The van der Waals surface area contributed by atoms with Crippen molar-refractivity contribution in [2.75, 3.05) is 26.2 Å². The summed E-state index contributed by atoms with van der Waals surface area (Å²) in [4.78, 5) is 33.6. The number of ether oxygens (including phenoxy) is 1. The minimum Gasteiger partial charge on any atom is -0.494 e. The number of nitriles is 1. The molecule has 1 atom stereocenters. The van der Waals surface area contributed by atoms with Crippen molar-refractivity contribution < 1.29 is 9.53 Å². The number of benzene rings is 2. The normalized spacial score (nSPS) is 17.4. The van der Waals surface area contributed by atoms with Crippen LogP contribution in [-0.4, -0.2) is 46.6 Å². The van der Waals surface area contributed by atoms with E-state index in [9.17, 15) is 9.59 Å². The molecule has 1 aliphatic heterocycles. The van der Waals surface area contributed by atoms with Gasteiger partial charge in [0.25, 0.3) is 5.56 Å². The standard InChI is InChI=1S/C29H33N5O3/c30-19-21-11-14-33(15-12-21)13-4-16-37-23-9-10-25-24(18-23)29(36)34(26(27(31)35)17-20-7-8-20)28(32-25)22-5-2-1-3-6-22/h1-3,5-6,9-10,18,20-21,26H,4,7-8,11-17H2,(H2,31,35). The first kappa shape index (κ1) is 25.0. The van der Waals surface area contributed by atoms with E-state index in [1.165, 1.54) is 4.57 Å². The number of hydrogen-bond acceptors (Lipinski definition) is 6. The van der Waals surface area contributed by atoms with E-state index in [0.29, 0.717) is 41.4 Å². The van der Waals surface area contributed by atoms with E-state index >= 15 is 0 Å². The molecule has 37 heavy (non-hydrogen) atoms. The van der Waals surface area contributed by atoms with E-state index in [4.69, 9.17) is 20.7 Å². The van der Waals surface area contributed by atoms with Crippen molar-refractivity contribution in [3.8, 4) is 23.2 Å². The Bertz CT molecular complexity index is 1350. The quantitative estimate of drug-likeness (QED) is 0.423. The number of fused-ring (bicyclic) bond motifs is 1. The van der Waals surface area contributed by atoms with Crippen LogP contribution in [0.1, 0.15) is 44.6 Å². The summed E-state index contributed by atoms with van der Waals surface area (Å²) in [5.74, 6) is 1.13. The van der Waals surface area contributed by atoms with Gasteiger partial charge in [-0.2, -0.15) is 5.26 Å². The van der Waals surface area contributed by atoms with Crippen LogP contribution in [0.15, 0.2) is 53.3 Å². The van der Waals surface area contributed by atoms with Gasteiger partial charge in [0.15, 0.2) is 0 Å². The summed E-state index contributed by atoms with van der Waals surface area (Å²) >= 11 is 0. The van der Waals surface area contributed by atoms with Crippen molar-refractivity contribution in [3.05, 3.63) is 58.9 Å². The van der Waals surface area contributed by atoms with Gasteiger partial charge in [0, 0.05) is 18.0 Å². The van der Waals surface area contributed by atoms with Gasteiger partial charge in [0.1, 0.15) is 17.6 Å². The summed E-state index contributed by atoms with van der Waals surface area (Å²) in [6.45, 7) is 3.34. The summed E-state index contributed by atoms with van der Waals surface area (Å²) in [6, 6.07) is 16.4. The second-order valence-corrected chi connectivity index (χ2v) is 10.2. The Morgan fingerprint density at radius 3 is 2.57 bits per heavy atom. The van der Waals surface area contributed by atoms with E-state index in [1.54, 1.807) is 12.1 Å². The van der Waals surface area contributed by atoms with Crippen molar-refractivity contribution in [2.24, 2.45) is 17.6 Å². The molecule has 2 fully saturated rings. The fourth-order valence-electron chi connectivity index (χ4n) is 5.13. The Hall–Kier alpha value is -3.70. The second-order valence-electron chi connectivity index (χ2n) is 10.2. The molecule has 1 unspecified atom stereocenters. The highest BCUT2D eigenvalue weighted by molar-refractivity contribution is 5.84. The van der Waals surface area contributed by atoms with Crippen molar-refractivity contribution in [1.29, 1.82) is 5.26 Å². The van der Waals surface area contributed by atoms with Gasteiger partial charge >= 0.3 is 0 Å². The number of piperidine rings is 1. The third kappa shape index (κ3) is 5.83. The average molecular weight is 500 g/mol.